The van der Waals surface area contributed by atoms with Gasteiger partial charge in [-0.1, -0.05) is 51.1 Å². The molecule has 4 heteroatoms. The van der Waals surface area contributed by atoms with E-state index in [2.05, 4.69) is 50.5 Å². The number of carbonyl (C=O) groups is 1. The second-order valence-electron chi connectivity index (χ2n) is 6.57. The third-order valence-corrected chi connectivity index (χ3v) is 3.90. The Hall–Kier alpha value is -2.49. The van der Waals surface area contributed by atoms with E-state index in [0.29, 0.717) is 24.0 Å². The summed E-state index contributed by atoms with van der Waals surface area (Å²) in [7, 11) is 0. The minimum absolute atomic E-state index is 0.0918. The lowest BCUT2D eigenvalue weighted by Gasteiger charge is -2.16. The van der Waals surface area contributed by atoms with Crippen molar-refractivity contribution in [1.82, 2.24) is 0 Å². The molecule has 2 aromatic carbocycles. The Bertz CT molecular complexity index is 711. The van der Waals surface area contributed by atoms with Gasteiger partial charge < -0.3 is 15.4 Å². The van der Waals surface area contributed by atoms with Crippen molar-refractivity contribution in [2.45, 2.75) is 34.1 Å². The molecule has 2 aromatic rings. The van der Waals surface area contributed by atoms with Gasteiger partial charge >= 0.3 is 0 Å². The summed E-state index contributed by atoms with van der Waals surface area (Å²) in [6.45, 7) is 9.19. The smallest absolute Gasteiger partial charge is 0.243 e. The van der Waals surface area contributed by atoms with Gasteiger partial charge in [-0.25, -0.2) is 0 Å². The van der Waals surface area contributed by atoms with Gasteiger partial charge in [0.2, 0.25) is 5.91 Å². The molecule has 0 aliphatic heterocycles. The molecule has 0 spiro atoms. The van der Waals surface area contributed by atoms with Crippen LogP contribution in [0.3, 0.4) is 0 Å². The van der Waals surface area contributed by atoms with E-state index in [0.717, 1.165) is 17.7 Å². The molecule has 134 valence electrons. The summed E-state index contributed by atoms with van der Waals surface area (Å²) in [5.41, 5.74) is 4.11. The summed E-state index contributed by atoms with van der Waals surface area (Å²) in [4.78, 5) is 12.4. The van der Waals surface area contributed by atoms with Crippen molar-refractivity contribution in [2.75, 3.05) is 23.8 Å². The fraction of sp³-hybridized carbons (Fsp3) is 0.381. The van der Waals surface area contributed by atoms with Gasteiger partial charge in [-0.3, -0.25) is 4.79 Å². The Morgan fingerprint density at radius 2 is 1.88 bits per heavy atom. The number of hydrogen-bond acceptors (Lipinski definition) is 3. The number of para-hydroxylation sites is 3. The molecule has 0 radical (unpaired) electrons. The lowest BCUT2D eigenvalue weighted by Crippen LogP contribution is -2.23. The lowest BCUT2D eigenvalue weighted by molar-refractivity contribution is -0.114. The van der Waals surface area contributed by atoms with Crippen molar-refractivity contribution < 1.29 is 9.53 Å². The van der Waals surface area contributed by atoms with E-state index in [1.54, 1.807) is 0 Å². The average Bonchev–Trinajstić information content (AvgIpc) is 2.59. The number of rotatable bonds is 8. The van der Waals surface area contributed by atoms with E-state index in [9.17, 15) is 4.79 Å². The Labute approximate surface area is 150 Å². The summed E-state index contributed by atoms with van der Waals surface area (Å²) in [6.07, 6.45) is 0.928. The molecule has 0 atom stereocenters. The van der Waals surface area contributed by atoms with Gasteiger partial charge in [0, 0.05) is 5.69 Å². The summed E-state index contributed by atoms with van der Waals surface area (Å²) < 4.78 is 5.78. The SMILES string of the molecule is CCc1cccc(C)c1NCC(=O)Nc1ccccc1OCC(C)C. The van der Waals surface area contributed by atoms with Crippen molar-refractivity contribution in [3.05, 3.63) is 53.6 Å². The van der Waals surface area contributed by atoms with Crippen molar-refractivity contribution in [3.63, 3.8) is 0 Å². The van der Waals surface area contributed by atoms with E-state index in [-0.39, 0.29) is 12.5 Å². The number of ether oxygens (including phenoxy) is 1. The first-order valence-electron chi connectivity index (χ1n) is 8.85. The normalized spacial score (nSPS) is 10.6. The van der Waals surface area contributed by atoms with Gasteiger partial charge in [-0.2, -0.15) is 0 Å². The van der Waals surface area contributed by atoms with E-state index >= 15 is 0 Å². The first-order chi connectivity index (χ1) is 12.0. The van der Waals surface area contributed by atoms with E-state index < -0.39 is 0 Å². The van der Waals surface area contributed by atoms with E-state index in [1.165, 1.54) is 5.56 Å². The van der Waals surface area contributed by atoms with Crippen LogP contribution >= 0.6 is 0 Å². The van der Waals surface area contributed by atoms with Crippen LogP contribution in [0.1, 0.15) is 31.9 Å². The van der Waals surface area contributed by atoms with Crippen LogP contribution in [0.2, 0.25) is 0 Å². The Balaban J connectivity index is 2.00. The van der Waals surface area contributed by atoms with E-state index in [1.807, 2.05) is 30.3 Å². The topological polar surface area (TPSA) is 50.4 Å². The zero-order valence-corrected chi connectivity index (χ0v) is 15.6. The molecular weight excluding hydrogens is 312 g/mol. The molecule has 4 nitrogen and oxygen atoms in total. The molecule has 0 saturated carbocycles. The molecule has 0 unspecified atom stereocenters. The highest BCUT2D eigenvalue weighted by atomic mass is 16.5. The maximum atomic E-state index is 12.4. The molecule has 2 rings (SSSR count). The molecule has 25 heavy (non-hydrogen) atoms. The Kier molecular flexibility index (Phi) is 6.87. The summed E-state index contributed by atoms with van der Waals surface area (Å²) in [5, 5.41) is 6.20. The number of hydrogen-bond donors (Lipinski definition) is 2. The predicted octanol–water partition coefficient (Wildman–Crippen LogP) is 4.64. The van der Waals surface area contributed by atoms with Gasteiger partial charge in [-0.15, -0.1) is 0 Å². The highest BCUT2D eigenvalue weighted by Gasteiger charge is 2.10. The monoisotopic (exact) mass is 340 g/mol. The predicted molar refractivity (Wildman–Crippen MR) is 104 cm³/mol. The van der Waals surface area contributed by atoms with Crippen LogP contribution in [0.15, 0.2) is 42.5 Å². The van der Waals surface area contributed by atoms with Crippen LogP contribution in [-0.4, -0.2) is 19.1 Å². The average molecular weight is 340 g/mol. The molecule has 0 aromatic heterocycles. The second kappa shape index (κ2) is 9.11. The maximum Gasteiger partial charge on any atom is 0.243 e. The number of anilines is 2. The fourth-order valence-corrected chi connectivity index (χ4v) is 2.59. The van der Waals surface area contributed by atoms with Gasteiger partial charge in [-0.05, 0) is 42.5 Å². The number of amides is 1. The van der Waals surface area contributed by atoms with E-state index in [4.69, 9.17) is 4.74 Å². The molecule has 0 aliphatic carbocycles. The molecule has 2 N–H and O–H groups in total. The second-order valence-corrected chi connectivity index (χ2v) is 6.57. The number of aryl methyl sites for hydroxylation is 2. The zero-order chi connectivity index (χ0) is 18.2. The van der Waals surface area contributed by atoms with Crippen LogP contribution in [0.4, 0.5) is 11.4 Å². The van der Waals surface area contributed by atoms with Crippen molar-refractivity contribution in [3.8, 4) is 5.75 Å². The van der Waals surface area contributed by atoms with Crippen LogP contribution < -0.4 is 15.4 Å². The first kappa shape index (κ1) is 18.8. The maximum absolute atomic E-state index is 12.4. The molecule has 0 heterocycles. The number of nitrogens with one attached hydrogen (secondary N) is 2. The molecule has 0 bridgehead atoms. The lowest BCUT2D eigenvalue weighted by atomic mass is 10.1. The molecular formula is C21H28N2O2. The van der Waals surface area contributed by atoms with Crippen molar-refractivity contribution in [1.29, 1.82) is 0 Å². The summed E-state index contributed by atoms with van der Waals surface area (Å²) >= 11 is 0. The van der Waals surface area contributed by atoms with Gasteiger partial charge in [0.05, 0.1) is 18.8 Å². The van der Waals surface area contributed by atoms with Crippen LogP contribution in [-0.2, 0) is 11.2 Å². The van der Waals surface area contributed by atoms with Crippen LogP contribution in [0.5, 0.6) is 5.75 Å². The first-order valence-corrected chi connectivity index (χ1v) is 8.85. The van der Waals surface area contributed by atoms with Crippen molar-refractivity contribution in [2.24, 2.45) is 5.92 Å². The van der Waals surface area contributed by atoms with Crippen molar-refractivity contribution >= 4 is 17.3 Å². The highest BCUT2D eigenvalue weighted by molar-refractivity contribution is 5.95. The Morgan fingerprint density at radius 3 is 2.60 bits per heavy atom. The Morgan fingerprint density at radius 1 is 1.12 bits per heavy atom. The molecule has 0 aliphatic rings. The highest BCUT2D eigenvalue weighted by Crippen LogP contribution is 2.25. The minimum Gasteiger partial charge on any atom is -0.491 e. The number of carbonyl (C=O) groups excluding carboxylic acids is 1. The molecule has 0 saturated heterocycles. The molecule has 1 amide bonds. The largest absolute Gasteiger partial charge is 0.491 e. The van der Waals surface area contributed by atoms with Gasteiger partial charge in [0.25, 0.3) is 0 Å². The third kappa shape index (κ3) is 5.52. The number of benzene rings is 2. The van der Waals surface area contributed by atoms with Crippen LogP contribution in [0, 0.1) is 12.8 Å². The third-order valence-electron chi connectivity index (χ3n) is 3.90. The summed E-state index contributed by atoms with van der Waals surface area (Å²) in [6, 6.07) is 13.7. The minimum atomic E-state index is -0.0918. The standard InChI is InChI=1S/C21H28N2O2/c1-5-17-10-8-9-16(4)21(17)22-13-20(24)23-18-11-6-7-12-19(18)25-14-15(2)3/h6-12,15,22H,5,13-14H2,1-4H3,(H,23,24). The molecule has 0 fully saturated rings. The fourth-order valence-electron chi connectivity index (χ4n) is 2.59. The van der Waals surface area contributed by atoms with Gasteiger partial charge in [0.15, 0.2) is 0 Å². The zero-order valence-electron chi connectivity index (χ0n) is 15.6. The quantitative estimate of drug-likeness (QED) is 0.736. The summed E-state index contributed by atoms with van der Waals surface area (Å²) in [5.74, 6) is 1.04. The van der Waals surface area contributed by atoms with Gasteiger partial charge in [0.1, 0.15) is 5.75 Å². The van der Waals surface area contributed by atoms with Crippen LogP contribution in [0.25, 0.3) is 0 Å².